The van der Waals surface area contributed by atoms with E-state index in [1.54, 1.807) is 18.3 Å². The third-order valence-electron chi connectivity index (χ3n) is 3.17. The van der Waals surface area contributed by atoms with Gasteiger partial charge in [0.25, 0.3) is 0 Å². The Bertz CT molecular complexity index is 600. The zero-order chi connectivity index (χ0) is 14.7. The van der Waals surface area contributed by atoms with E-state index in [2.05, 4.69) is 4.98 Å². The van der Waals surface area contributed by atoms with Gasteiger partial charge in [0.1, 0.15) is 0 Å². The number of ether oxygens (including phenoxy) is 1. The lowest BCUT2D eigenvalue weighted by atomic mass is 9.99. The number of pyridine rings is 1. The number of aromatic nitrogens is 1. The molecule has 5 heteroatoms. The first kappa shape index (κ1) is 14.4. The fourth-order valence-corrected chi connectivity index (χ4v) is 1.96. The number of aryl methyl sites for hydroxylation is 1. The fraction of sp³-hybridized carbons (Fsp3) is 0.267. The summed E-state index contributed by atoms with van der Waals surface area (Å²) in [6.45, 7) is 1.51. The molecule has 2 N–H and O–H groups in total. The number of halogens is 2. The molecule has 0 radical (unpaired) electrons. The minimum atomic E-state index is -0.876. The van der Waals surface area contributed by atoms with Crippen LogP contribution in [0.4, 0.5) is 8.78 Å². The average molecular weight is 278 g/mol. The van der Waals surface area contributed by atoms with E-state index >= 15 is 0 Å². The lowest BCUT2D eigenvalue weighted by Crippen LogP contribution is -2.16. The average Bonchev–Trinajstić information content (AvgIpc) is 2.45. The van der Waals surface area contributed by atoms with Crippen molar-refractivity contribution in [3.8, 4) is 5.88 Å². The molecule has 106 valence electrons. The highest BCUT2D eigenvalue weighted by atomic mass is 19.2. The lowest BCUT2D eigenvalue weighted by Gasteiger charge is -2.14. The fourth-order valence-electron chi connectivity index (χ4n) is 1.96. The van der Waals surface area contributed by atoms with Crippen LogP contribution in [0.1, 0.15) is 22.7 Å². The van der Waals surface area contributed by atoms with Gasteiger partial charge < -0.3 is 10.5 Å². The van der Waals surface area contributed by atoms with Crippen molar-refractivity contribution < 1.29 is 13.5 Å². The van der Waals surface area contributed by atoms with Crippen molar-refractivity contribution >= 4 is 0 Å². The Morgan fingerprint density at radius 2 is 1.95 bits per heavy atom. The highest BCUT2D eigenvalue weighted by molar-refractivity contribution is 5.29. The van der Waals surface area contributed by atoms with Crippen LogP contribution < -0.4 is 10.5 Å². The highest BCUT2D eigenvalue weighted by Crippen LogP contribution is 2.23. The van der Waals surface area contributed by atoms with E-state index in [0.717, 1.165) is 5.56 Å². The third kappa shape index (κ3) is 2.93. The number of nitrogens with two attached hydrogens (primary N) is 1. The summed E-state index contributed by atoms with van der Waals surface area (Å²) in [5, 5.41) is 0. The topological polar surface area (TPSA) is 48.1 Å². The molecule has 0 fully saturated rings. The zero-order valence-electron chi connectivity index (χ0n) is 11.4. The molecule has 0 saturated carbocycles. The summed E-state index contributed by atoms with van der Waals surface area (Å²) in [5.41, 5.74) is 7.22. The molecular formula is C15H16F2N2O. The molecule has 3 nitrogen and oxygen atoms in total. The van der Waals surface area contributed by atoms with Crippen molar-refractivity contribution in [2.75, 3.05) is 7.11 Å². The molecule has 2 rings (SSSR count). The van der Waals surface area contributed by atoms with Crippen LogP contribution in [-0.2, 0) is 6.42 Å². The molecule has 0 saturated heterocycles. The summed E-state index contributed by atoms with van der Waals surface area (Å²) >= 11 is 0. The second-order valence-corrected chi connectivity index (χ2v) is 4.62. The molecule has 0 aliphatic carbocycles. The van der Waals surface area contributed by atoms with Gasteiger partial charge in [-0.15, -0.1) is 0 Å². The Morgan fingerprint density at radius 1 is 1.20 bits per heavy atom. The number of rotatable bonds is 4. The first-order chi connectivity index (χ1) is 9.52. The van der Waals surface area contributed by atoms with Crippen molar-refractivity contribution in [3.05, 3.63) is 58.8 Å². The predicted molar refractivity (Wildman–Crippen MR) is 72.5 cm³/mol. The first-order valence-electron chi connectivity index (χ1n) is 6.22. The molecule has 0 amide bonds. The van der Waals surface area contributed by atoms with Crippen LogP contribution >= 0.6 is 0 Å². The van der Waals surface area contributed by atoms with Crippen LogP contribution in [-0.4, -0.2) is 12.1 Å². The third-order valence-corrected chi connectivity index (χ3v) is 3.17. The zero-order valence-corrected chi connectivity index (χ0v) is 11.4. The van der Waals surface area contributed by atoms with E-state index in [9.17, 15) is 8.78 Å². The summed E-state index contributed by atoms with van der Waals surface area (Å²) < 4.78 is 32.3. The molecule has 1 heterocycles. The minimum absolute atomic E-state index is 0.170. The van der Waals surface area contributed by atoms with E-state index in [0.29, 0.717) is 12.3 Å². The van der Waals surface area contributed by atoms with E-state index in [1.807, 2.05) is 0 Å². The SMILES string of the molecule is COc1ccc(CC(N)c2ccc(C)c(F)c2F)cn1. The Balaban J connectivity index is 2.19. The smallest absolute Gasteiger partial charge is 0.212 e. The maximum atomic E-state index is 13.8. The molecule has 1 unspecified atom stereocenters. The maximum absolute atomic E-state index is 13.8. The van der Waals surface area contributed by atoms with E-state index in [4.69, 9.17) is 10.5 Å². The van der Waals surface area contributed by atoms with Crippen molar-refractivity contribution in [2.24, 2.45) is 5.73 Å². The number of nitrogens with zero attached hydrogens (tertiary/aromatic N) is 1. The maximum Gasteiger partial charge on any atom is 0.212 e. The Labute approximate surface area is 116 Å². The number of hydrogen-bond donors (Lipinski definition) is 1. The normalized spacial score (nSPS) is 12.2. The molecule has 0 aliphatic heterocycles. The number of benzene rings is 1. The molecule has 0 spiro atoms. The van der Waals surface area contributed by atoms with Gasteiger partial charge in [0.15, 0.2) is 11.6 Å². The van der Waals surface area contributed by atoms with E-state index in [-0.39, 0.29) is 11.1 Å². The molecule has 20 heavy (non-hydrogen) atoms. The number of hydrogen-bond acceptors (Lipinski definition) is 3. The Hall–Kier alpha value is -2.01. The van der Waals surface area contributed by atoms with Gasteiger partial charge in [-0.05, 0) is 24.5 Å². The monoisotopic (exact) mass is 278 g/mol. The molecule has 1 atom stereocenters. The van der Waals surface area contributed by atoms with E-state index < -0.39 is 17.7 Å². The summed E-state index contributed by atoms with van der Waals surface area (Å²) in [7, 11) is 1.53. The summed E-state index contributed by atoms with van der Waals surface area (Å²) in [6, 6.07) is 5.93. The molecule has 1 aromatic carbocycles. The molecular weight excluding hydrogens is 262 g/mol. The summed E-state index contributed by atoms with van der Waals surface area (Å²) in [4.78, 5) is 4.05. The largest absolute Gasteiger partial charge is 0.481 e. The molecule has 1 aromatic heterocycles. The van der Waals surface area contributed by atoms with Gasteiger partial charge in [0, 0.05) is 23.9 Å². The van der Waals surface area contributed by atoms with Crippen molar-refractivity contribution in [2.45, 2.75) is 19.4 Å². The Kier molecular flexibility index (Phi) is 4.29. The van der Waals surface area contributed by atoms with E-state index in [1.165, 1.54) is 26.2 Å². The van der Waals surface area contributed by atoms with Crippen LogP contribution in [0.3, 0.4) is 0 Å². The van der Waals surface area contributed by atoms with Crippen LogP contribution in [0.2, 0.25) is 0 Å². The van der Waals surface area contributed by atoms with Gasteiger partial charge in [-0.1, -0.05) is 18.2 Å². The second-order valence-electron chi connectivity index (χ2n) is 4.62. The predicted octanol–water partition coefficient (Wildman–Crippen LogP) is 2.92. The Morgan fingerprint density at radius 3 is 2.55 bits per heavy atom. The van der Waals surface area contributed by atoms with Crippen LogP contribution in [0.5, 0.6) is 5.88 Å². The molecule has 0 aliphatic rings. The first-order valence-corrected chi connectivity index (χ1v) is 6.22. The van der Waals surface area contributed by atoms with Gasteiger partial charge >= 0.3 is 0 Å². The summed E-state index contributed by atoms with van der Waals surface area (Å²) in [5.74, 6) is -1.22. The van der Waals surface area contributed by atoms with Crippen molar-refractivity contribution in [1.29, 1.82) is 0 Å². The van der Waals surface area contributed by atoms with Gasteiger partial charge in [0.2, 0.25) is 5.88 Å². The van der Waals surface area contributed by atoms with Crippen LogP contribution in [0.25, 0.3) is 0 Å². The summed E-state index contributed by atoms with van der Waals surface area (Å²) in [6.07, 6.45) is 1.98. The number of methoxy groups -OCH3 is 1. The van der Waals surface area contributed by atoms with Gasteiger partial charge in [-0.25, -0.2) is 13.8 Å². The highest BCUT2D eigenvalue weighted by Gasteiger charge is 2.17. The standard InChI is InChI=1S/C15H16F2N2O/c1-9-3-5-11(15(17)14(9)16)12(18)7-10-4-6-13(20-2)19-8-10/h3-6,8,12H,7,18H2,1-2H3. The lowest BCUT2D eigenvalue weighted by molar-refractivity contribution is 0.397. The van der Waals surface area contributed by atoms with Crippen LogP contribution in [0.15, 0.2) is 30.5 Å². The van der Waals surface area contributed by atoms with Crippen molar-refractivity contribution in [1.82, 2.24) is 4.98 Å². The quantitative estimate of drug-likeness (QED) is 0.935. The second kappa shape index (κ2) is 5.96. The van der Waals surface area contributed by atoms with Crippen molar-refractivity contribution in [3.63, 3.8) is 0 Å². The minimum Gasteiger partial charge on any atom is -0.481 e. The molecule has 0 bridgehead atoms. The van der Waals surface area contributed by atoms with Gasteiger partial charge in [-0.3, -0.25) is 0 Å². The molecule has 2 aromatic rings. The van der Waals surface area contributed by atoms with Crippen LogP contribution in [0, 0.1) is 18.6 Å². The van der Waals surface area contributed by atoms with Gasteiger partial charge in [0.05, 0.1) is 7.11 Å². The van der Waals surface area contributed by atoms with Gasteiger partial charge in [-0.2, -0.15) is 0 Å².